The zero-order valence-corrected chi connectivity index (χ0v) is 13.5. The summed E-state index contributed by atoms with van der Waals surface area (Å²) >= 11 is 5.28. The van der Waals surface area contributed by atoms with E-state index in [9.17, 15) is 15.0 Å². The average Bonchev–Trinajstić information content (AvgIpc) is 2.95. The molecule has 6 nitrogen and oxygen atoms in total. The van der Waals surface area contributed by atoms with E-state index in [0.29, 0.717) is 29.1 Å². The van der Waals surface area contributed by atoms with Gasteiger partial charge in [-0.25, -0.2) is 4.79 Å². The minimum absolute atomic E-state index is 0.0685. The van der Waals surface area contributed by atoms with E-state index in [1.165, 1.54) is 12.1 Å². The Bertz CT molecular complexity index is 932. The maximum Gasteiger partial charge on any atom is 0.336 e. The van der Waals surface area contributed by atoms with Gasteiger partial charge in [0.15, 0.2) is 10.6 Å². The summed E-state index contributed by atoms with van der Waals surface area (Å²) in [6.45, 7) is 0.477. The normalized spacial score (nSPS) is 10.7. The van der Waals surface area contributed by atoms with Crippen molar-refractivity contribution in [3.8, 4) is 17.1 Å². The quantitative estimate of drug-likeness (QED) is 0.620. The molecule has 3 aromatic rings. The van der Waals surface area contributed by atoms with Gasteiger partial charge >= 0.3 is 5.97 Å². The number of carboxylic acid groups (broad SMARTS) is 1. The molecule has 7 heteroatoms. The number of nitrogens with one attached hydrogen (secondary N) is 1. The van der Waals surface area contributed by atoms with Crippen LogP contribution >= 0.6 is 12.2 Å². The number of aromatic hydroxyl groups is 1. The number of hydrogen-bond acceptors (Lipinski definition) is 4. The average molecular weight is 341 g/mol. The minimum atomic E-state index is -1.07. The van der Waals surface area contributed by atoms with Crippen LogP contribution < -0.4 is 0 Å². The van der Waals surface area contributed by atoms with Gasteiger partial charge in [0, 0.05) is 12.1 Å². The highest BCUT2D eigenvalue weighted by molar-refractivity contribution is 7.71. The second-order valence-corrected chi connectivity index (χ2v) is 5.65. The molecule has 0 fully saturated rings. The van der Waals surface area contributed by atoms with Gasteiger partial charge in [0.25, 0.3) is 0 Å². The molecule has 3 N–H and O–H groups in total. The second-order valence-electron chi connectivity index (χ2n) is 5.27. The Balaban J connectivity index is 1.90. The van der Waals surface area contributed by atoms with E-state index in [2.05, 4.69) is 10.2 Å². The van der Waals surface area contributed by atoms with Crippen molar-refractivity contribution in [2.75, 3.05) is 0 Å². The molecule has 0 saturated heterocycles. The summed E-state index contributed by atoms with van der Waals surface area (Å²) in [6, 6.07) is 14.0. The van der Waals surface area contributed by atoms with Crippen LogP contribution in [0.1, 0.15) is 15.9 Å². The first-order valence-corrected chi connectivity index (χ1v) is 7.73. The Morgan fingerprint density at radius 1 is 1.21 bits per heavy atom. The number of phenols is 1. The first-order valence-electron chi connectivity index (χ1n) is 7.32. The van der Waals surface area contributed by atoms with E-state index in [1.54, 1.807) is 6.07 Å². The molecule has 122 valence electrons. The SMILES string of the molecule is O=C(O)c1cc(O)ccc1CCn1c(-c2ccccc2)n[nH]c1=S. The van der Waals surface area contributed by atoms with Crippen LogP contribution in [-0.4, -0.2) is 30.9 Å². The molecule has 1 aromatic heterocycles. The molecule has 2 aromatic carbocycles. The van der Waals surface area contributed by atoms with Gasteiger partial charge in [0.2, 0.25) is 0 Å². The van der Waals surface area contributed by atoms with Crippen molar-refractivity contribution >= 4 is 18.2 Å². The highest BCUT2D eigenvalue weighted by atomic mass is 32.1. The fourth-order valence-corrected chi connectivity index (χ4v) is 2.77. The van der Waals surface area contributed by atoms with Crippen molar-refractivity contribution < 1.29 is 15.0 Å². The molecule has 1 heterocycles. The molecule has 3 rings (SSSR count). The van der Waals surface area contributed by atoms with Crippen molar-refractivity contribution in [3.63, 3.8) is 0 Å². The molecule has 0 saturated carbocycles. The number of carboxylic acids is 1. The summed E-state index contributed by atoms with van der Waals surface area (Å²) in [5.41, 5.74) is 1.64. The lowest BCUT2D eigenvalue weighted by molar-refractivity contribution is 0.0695. The smallest absolute Gasteiger partial charge is 0.336 e. The summed E-state index contributed by atoms with van der Waals surface area (Å²) in [5, 5.41) is 25.8. The molecular formula is C17H15N3O3S. The molecule has 0 aliphatic heterocycles. The fourth-order valence-electron chi connectivity index (χ4n) is 2.55. The van der Waals surface area contributed by atoms with Crippen LogP contribution in [0, 0.1) is 4.77 Å². The van der Waals surface area contributed by atoms with E-state index in [0.717, 1.165) is 5.56 Å². The Kier molecular flexibility index (Phi) is 4.43. The first kappa shape index (κ1) is 15.9. The number of H-pyrrole nitrogens is 1. The fraction of sp³-hybridized carbons (Fsp3) is 0.118. The molecule has 0 unspecified atom stereocenters. The summed E-state index contributed by atoms with van der Waals surface area (Å²) in [4.78, 5) is 11.3. The molecule has 0 aliphatic rings. The predicted molar refractivity (Wildman–Crippen MR) is 91.6 cm³/mol. The monoisotopic (exact) mass is 341 g/mol. The molecular weight excluding hydrogens is 326 g/mol. The van der Waals surface area contributed by atoms with Crippen LogP contribution in [0.3, 0.4) is 0 Å². The molecule has 0 radical (unpaired) electrons. The minimum Gasteiger partial charge on any atom is -0.508 e. The summed E-state index contributed by atoms with van der Waals surface area (Å²) < 4.78 is 2.31. The third-order valence-corrected chi connectivity index (χ3v) is 4.03. The van der Waals surface area contributed by atoms with Gasteiger partial charge in [-0.05, 0) is 36.3 Å². The van der Waals surface area contributed by atoms with Crippen molar-refractivity contribution in [1.82, 2.24) is 14.8 Å². The van der Waals surface area contributed by atoms with Crippen molar-refractivity contribution in [1.29, 1.82) is 0 Å². The molecule has 0 spiro atoms. The van der Waals surface area contributed by atoms with Crippen molar-refractivity contribution in [2.24, 2.45) is 0 Å². The highest BCUT2D eigenvalue weighted by Crippen LogP contribution is 2.20. The Morgan fingerprint density at radius 3 is 2.67 bits per heavy atom. The zero-order chi connectivity index (χ0) is 17.1. The number of aryl methyl sites for hydroxylation is 1. The van der Waals surface area contributed by atoms with Gasteiger partial charge in [-0.15, -0.1) is 0 Å². The Morgan fingerprint density at radius 2 is 1.96 bits per heavy atom. The van der Waals surface area contributed by atoms with Crippen LogP contribution in [0.2, 0.25) is 0 Å². The van der Waals surface area contributed by atoms with Crippen LogP contribution in [0.4, 0.5) is 0 Å². The van der Waals surface area contributed by atoms with Crippen molar-refractivity contribution in [2.45, 2.75) is 13.0 Å². The highest BCUT2D eigenvalue weighted by Gasteiger charge is 2.13. The van der Waals surface area contributed by atoms with Crippen LogP contribution in [0.25, 0.3) is 11.4 Å². The maximum absolute atomic E-state index is 11.3. The Labute approximate surface area is 143 Å². The number of aromatic amines is 1. The first-order chi connectivity index (χ1) is 11.6. The lowest BCUT2D eigenvalue weighted by atomic mass is 10.0. The number of aromatic nitrogens is 3. The Hall–Kier alpha value is -2.93. The zero-order valence-electron chi connectivity index (χ0n) is 12.6. The van der Waals surface area contributed by atoms with Crippen molar-refractivity contribution in [3.05, 3.63) is 64.4 Å². The second kappa shape index (κ2) is 6.67. The van der Waals surface area contributed by atoms with Gasteiger partial charge in [-0.3, -0.25) is 9.67 Å². The molecule has 24 heavy (non-hydrogen) atoms. The molecule has 0 bridgehead atoms. The van der Waals surface area contributed by atoms with Crippen LogP contribution in [-0.2, 0) is 13.0 Å². The van der Waals surface area contributed by atoms with Gasteiger partial charge in [-0.2, -0.15) is 5.10 Å². The summed E-state index contributed by atoms with van der Waals surface area (Å²) in [6.07, 6.45) is 0.454. The lowest BCUT2D eigenvalue weighted by Gasteiger charge is -2.09. The van der Waals surface area contributed by atoms with E-state index in [-0.39, 0.29) is 11.3 Å². The largest absolute Gasteiger partial charge is 0.508 e. The maximum atomic E-state index is 11.3. The summed E-state index contributed by atoms with van der Waals surface area (Å²) in [5.74, 6) is -0.433. The number of carbonyl (C=O) groups is 1. The van der Waals surface area contributed by atoms with Gasteiger partial charge < -0.3 is 10.2 Å². The van der Waals surface area contributed by atoms with Gasteiger partial charge in [0.05, 0.1) is 5.56 Å². The van der Waals surface area contributed by atoms with Gasteiger partial charge in [-0.1, -0.05) is 36.4 Å². The number of nitrogens with zero attached hydrogens (tertiary/aromatic N) is 2. The summed E-state index contributed by atoms with van der Waals surface area (Å²) in [7, 11) is 0. The third kappa shape index (κ3) is 3.21. The van der Waals surface area contributed by atoms with Gasteiger partial charge in [0.1, 0.15) is 5.75 Å². The predicted octanol–water partition coefficient (Wildman–Crippen LogP) is 3.25. The lowest BCUT2D eigenvalue weighted by Crippen LogP contribution is -2.08. The molecule has 0 amide bonds. The molecule has 0 atom stereocenters. The topological polar surface area (TPSA) is 91.1 Å². The van der Waals surface area contributed by atoms with E-state index in [1.807, 2.05) is 34.9 Å². The number of rotatable bonds is 5. The standard InChI is InChI=1S/C17H15N3O3S/c21-13-7-6-11(14(10-13)16(22)23)8-9-20-15(18-19-17(20)24)12-4-2-1-3-5-12/h1-7,10,21H,8-9H2,(H,19,24)(H,22,23). The third-order valence-electron chi connectivity index (χ3n) is 3.72. The molecule has 0 aliphatic carbocycles. The van der Waals surface area contributed by atoms with E-state index >= 15 is 0 Å². The van der Waals surface area contributed by atoms with E-state index < -0.39 is 5.97 Å². The number of aromatic carboxylic acids is 1. The number of hydrogen-bond donors (Lipinski definition) is 3. The van der Waals surface area contributed by atoms with Crippen LogP contribution in [0.5, 0.6) is 5.75 Å². The number of phenolic OH excluding ortho intramolecular Hbond substituents is 1. The number of benzene rings is 2. The van der Waals surface area contributed by atoms with E-state index in [4.69, 9.17) is 12.2 Å². The van der Waals surface area contributed by atoms with Crippen LogP contribution in [0.15, 0.2) is 48.5 Å².